The van der Waals surface area contributed by atoms with Crippen molar-refractivity contribution in [1.82, 2.24) is 5.32 Å². The molecule has 1 saturated heterocycles. The van der Waals surface area contributed by atoms with Gasteiger partial charge in [-0.1, -0.05) is 11.8 Å². The Labute approximate surface area is 110 Å². The Kier molecular flexibility index (Phi) is 6.76. The van der Waals surface area contributed by atoms with Crippen molar-refractivity contribution in [3.8, 4) is 0 Å². The fraction of sp³-hybridized carbons (Fsp3) is 1.00. The first kappa shape index (κ1) is 16.1. The molecule has 1 unspecified atom stereocenters. The third-order valence-electron chi connectivity index (χ3n) is 3.07. The van der Waals surface area contributed by atoms with Crippen LogP contribution in [0.15, 0.2) is 0 Å². The van der Waals surface area contributed by atoms with Gasteiger partial charge >= 0.3 is 5.51 Å². The van der Waals surface area contributed by atoms with Crippen LogP contribution in [-0.4, -0.2) is 51.3 Å². The van der Waals surface area contributed by atoms with Crippen molar-refractivity contribution in [3.63, 3.8) is 0 Å². The van der Waals surface area contributed by atoms with Gasteiger partial charge < -0.3 is 14.8 Å². The van der Waals surface area contributed by atoms with E-state index in [-0.39, 0.29) is 22.9 Å². The molecule has 0 saturated carbocycles. The molecule has 1 rings (SSSR count). The maximum atomic E-state index is 12.1. The summed E-state index contributed by atoms with van der Waals surface area (Å²) in [5.41, 5.74) is -4.28. The lowest BCUT2D eigenvalue weighted by Crippen LogP contribution is -2.37. The number of hydrogen-bond donors (Lipinski definition) is 1. The van der Waals surface area contributed by atoms with Gasteiger partial charge in [-0.15, -0.1) is 0 Å². The summed E-state index contributed by atoms with van der Waals surface area (Å²) in [6.07, 6.45) is 1.35. The second-order valence-corrected chi connectivity index (χ2v) is 5.68. The van der Waals surface area contributed by atoms with Gasteiger partial charge in [0.2, 0.25) is 0 Å². The second-order valence-electron chi connectivity index (χ2n) is 4.52. The topological polar surface area (TPSA) is 30.5 Å². The summed E-state index contributed by atoms with van der Waals surface area (Å²) in [5.74, 6) is 0.0960. The van der Waals surface area contributed by atoms with Crippen LogP contribution < -0.4 is 5.32 Å². The van der Waals surface area contributed by atoms with E-state index in [1.54, 1.807) is 7.11 Å². The van der Waals surface area contributed by atoms with E-state index in [9.17, 15) is 13.2 Å². The first-order valence-electron chi connectivity index (χ1n) is 5.96. The van der Waals surface area contributed by atoms with E-state index in [1.807, 2.05) is 0 Å². The molecule has 1 heterocycles. The SMILES string of the molecule is COCCNCC1(CCSC(F)(F)F)CCOC1. The third-order valence-corrected chi connectivity index (χ3v) is 3.80. The van der Waals surface area contributed by atoms with Crippen LogP contribution in [0.3, 0.4) is 0 Å². The molecule has 18 heavy (non-hydrogen) atoms. The molecule has 1 atom stereocenters. The zero-order valence-electron chi connectivity index (χ0n) is 10.5. The fourth-order valence-corrected chi connectivity index (χ4v) is 2.75. The van der Waals surface area contributed by atoms with Gasteiger partial charge in [0.25, 0.3) is 0 Å². The molecule has 3 nitrogen and oxygen atoms in total. The number of ether oxygens (including phenoxy) is 2. The molecule has 0 aliphatic carbocycles. The standard InChI is InChI=1S/C11H20F3NO2S/c1-16-6-4-15-8-10(2-5-17-9-10)3-7-18-11(12,13)14/h15H,2-9H2,1H3. The molecule has 0 aromatic heterocycles. The highest BCUT2D eigenvalue weighted by Crippen LogP contribution is 2.37. The third kappa shape index (κ3) is 6.26. The molecule has 1 N–H and O–H groups in total. The van der Waals surface area contributed by atoms with Gasteiger partial charge in [0, 0.05) is 38.0 Å². The minimum absolute atomic E-state index is 0.0547. The van der Waals surface area contributed by atoms with Gasteiger partial charge in [0.1, 0.15) is 0 Å². The zero-order chi connectivity index (χ0) is 13.5. The van der Waals surface area contributed by atoms with Crippen molar-refractivity contribution in [3.05, 3.63) is 0 Å². The quantitative estimate of drug-likeness (QED) is 0.694. The highest BCUT2D eigenvalue weighted by atomic mass is 32.2. The molecule has 0 aromatic carbocycles. The summed E-state index contributed by atoms with van der Waals surface area (Å²) < 4.78 is 46.6. The van der Waals surface area contributed by atoms with Crippen LogP contribution in [0.5, 0.6) is 0 Å². The van der Waals surface area contributed by atoms with E-state index in [4.69, 9.17) is 9.47 Å². The molecule has 7 heteroatoms. The highest BCUT2D eigenvalue weighted by molar-refractivity contribution is 8.00. The number of alkyl halides is 3. The molecule has 1 aliphatic rings. The highest BCUT2D eigenvalue weighted by Gasteiger charge is 2.36. The lowest BCUT2D eigenvalue weighted by molar-refractivity contribution is -0.0329. The summed E-state index contributed by atoms with van der Waals surface area (Å²) in [4.78, 5) is 0. The molecule has 0 amide bonds. The molecule has 1 aliphatic heterocycles. The van der Waals surface area contributed by atoms with Crippen molar-refractivity contribution in [1.29, 1.82) is 0 Å². The van der Waals surface area contributed by atoms with E-state index in [0.717, 1.165) is 6.42 Å². The number of hydrogen-bond acceptors (Lipinski definition) is 4. The molecule has 0 radical (unpaired) electrons. The Bertz CT molecular complexity index is 233. The average molecular weight is 287 g/mol. The Balaban J connectivity index is 2.29. The maximum absolute atomic E-state index is 12.1. The molecule has 0 bridgehead atoms. The van der Waals surface area contributed by atoms with E-state index in [0.29, 0.717) is 39.3 Å². The van der Waals surface area contributed by atoms with Gasteiger partial charge in [-0.05, 0) is 12.8 Å². The maximum Gasteiger partial charge on any atom is 0.441 e. The van der Waals surface area contributed by atoms with Crippen LogP contribution in [0.25, 0.3) is 0 Å². The predicted octanol–water partition coefficient (Wildman–Crippen LogP) is 2.27. The van der Waals surface area contributed by atoms with Gasteiger partial charge in [-0.25, -0.2) is 0 Å². The van der Waals surface area contributed by atoms with Crippen molar-refractivity contribution in [2.75, 3.05) is 45.8 Å². The number of methoxy groups -OCH3 is 1. The molecule has 1 fully saturated rings. The van der Waals surface area contributed by atoms with Gasteiger partial charge in [0.15, 0.2) is 0 Å². The van der Waals surface area contributed by atoms with Crippen molar-refractivity contribution < 1.29 is 22.6 Å². The van der Waals surface area contributed by atoms with Crippen molar-refractivity contribution in [2.45, 2.75) is 18.3 Å². The Morgan fingerprint density at radius 2 is 2.22 bits per heavy atom. The summed E-state index contributed by atoms with van der Waals surface area (Å²) in [6.45, 7) is 3.20. The normalized spacial score (nSPS) is 24.7. The summed E-state index contributed by atoms with van der Waals surface area (Å²) in [5, 5.41) is 3.22. The van der Waals surface area contributed by atoms with Gasteiger partial charge in [-0.2, -0.15) is 13.2 Å². The largest absolute Gasteiger partial charge is 0.441 e. The zero-order valence-corrected chi connectivity index (χ0v) is 11.3. The van der Waals surface area contributed by atoms with Crippen LogP contribution in [-0.2, 0) is 9.47 Å². The lowest BCUT2D eigenvalue weighted by atomic mass is 9.84. The van der Waals surface area contributed by atoms with Gasteiger partial charge in [0.05, 0.1) is 13.2 Å². The first-order valence-corrected chi connectivity index (χ1v) is 6.94. The van der Waals surface area contributed by atoms with E-state index >= 15 is 0 Å². The molecule has 0 aromatic rings. The number of thioether (sulfide) groups is 1. The second kappa shape index (κ2) is 7.57. The number of rotatable bonds is 8. The van der Waals surface area contributed by atoms with Crippen LogP contribution in [0.1, 0.15) is 12.8 Å². The Morgan fingerprint density at radius 1 is 1.44 bits per heavy atom. The van der Waals surface area contributed by atoms with E-state index in [1.165, 1.54) is 0 Å². The molecule has 108 valence electrons. The number of halogens is 3. The average Bonchev–Trinajstić information content (AvgIpc) is 2.72. The van der Waals surface area contributed by atoms with Crippen molar-refractivity contribution >= 4 is 11.8 Å². The summed E-state index contributed by atoms with van der Waals surface area (Å²) in [6, 6.07) is 0. The number of nitrogens with one attached hydrogen (secondary N) is 1. The molecular weight excluding hydrogens is 267 g/mol. The van der Waals surface area contributed by atoms with Crippen LogP contribution in [0.4, 0.5) is 13.2 Å². The minimum Gasteiger partial charge on any atom is -0.383 e. The van der Waals surface area contributed by atoms with Crippen LogP contribution in [0.2, 0.25) is 0 Å². The fourth-order valence-electron chi connectivity index (χ4n) is 1.99. The van der Waals surface area contributed by atoms with Crippen molar-refractivity contribution in [2.24, 2.45) is 5.41 Å². The van der Waals surface area contributed by atoms with Crippen LogP contribution >= 0.6 is 11.8 Å². The summed E-state index contributed by atoms with van der Waals surface area (Å²) >= 11 is 0.0547. The monoisotopic (exact) mass is 287 g/mol. The predicted molar refractivity (Wildman–Crippen MR) is 65.7 cm³/mol. The van der Waals surface area contributed by atoms with E-state index in [2.05, 4.69) is 5.32 Å². The molecule has 0 spiro atoms. The minimum atomic E-state index is -4.13. The first-order chi connectivity index (χ1) is 8.47. The molecular formula is C11H20F3NO2S. The summed E-state index contributed by atoms with van der Waals surface area (Å²) in [7, 11) is 1.62. The van der Waals surface area contributed by atoms with E-state index < -0.39 is 5.51 Å². The smallest absolute Gasteiger partial charge is 0.383 e. The van der Waals surface area contributed by atoms with Gasteiger partial charge in [-0.3, -0.25) is 0 Å². The van der Waals surface area contributed by atoms with Crippen LogP contribution in [0, 0.1) is 5.41 Å². The Hall–Kier alpha value is 0.0200. The Morgan fingerprint density at radius 3 is 2.78 bits per heavy atom. The lowest BCUT2D eigenvalue weighted by Gasteiger charge is -2.27.